The van der Waals surface area contributed by atoms with Crippen LogP contribution in [0.5, 0.6) is 0 Å². The summed E-state index contributed by atoms with van der Waals surface area (Å²) in [5, 5.41) is 3.56. The van der Waals surface area contributed by atoms with E-state index >= 15 is 0 Å². The van der Waals surface area contributed by atoms with Gasteiger partial charge in [0.15, 0.2) is 0 Å². The lowest BCUT2D eigenvalue weighted by Gasteiger charge is -2.27. The fourth-order valence-electron chi connectivity index (χ4n) is 2.33. The van der Waals surface area contributed by atoms with Crippen molar-refractivity contribution in [3.63, 3.8) is 0 Å². The summed E-state index contributed by atoms with van der Waals surface area (Å²) in [6.45, 7) is 18.7. The second kappa shape index (κ2) is 5.05. The van der Waals surface area contributed by atoms with Crippen LogP contribution in [-0.4, -0.2) is 36.6 Å². The van der Waals surface area contributed by atoms with E-state index in [1.54, 1.807) is 0 Å². The smallest absolute Gasteiger partial charge is 0.0107 e. The van der Waals surface area contributed by atoms with Crippen LogP contribution in [-0.2, 0) is 0 Å². The zero-order chi connectivity index (χ0) is 12.4. The Morgan fingerprint density at radius 2 is 1.75 bits per heavy atom. The molecule has 0 aromatic heterocycles. The number of likely N-dealkylation sites (tertiary alicyclic amines) is 1. The zero-order valence-electron chi connectivity index (χ0n) is 12.1. The lowest BCUT2D eigenvalue weighted by molar-refractivity contribution is 0.226. The minimum absolute atomic E-state index is 0.253. The van der Waals surface area contributed by atoms with Crippen LogP contribution in [0.2, 0.25) is 0 Å². The van der Waals surface area contributed by atoms with Gasteiger partial charge in [0, 0.05) is 25.2 Å². The van der Waals surface area contributed by atoms with Gasteiger partial charge in [0.1, 0.15) is 0 Å². The first-order valence-electron chi connectivity index (χ1n) is 6.66. The molecule has 1 aliphatic heterocycles. The van der Waals surface area contributed by atoms with Crippen LogP contribution in [0.15, 0.2) is 0 Å². The molecule has 1 heterocycles. The largest absolute Gasteiger partial charge is 0.311 e. The van der Waals surface area contributed by atoms with Gasteiger partial charge in [0.2, 0.25) is 0 Å². The summed E-state index contributed by atoms with van der Waals surface area (Å²) in [7, 11) is 0. The summed E-state index contributed by atoms with van der Waals surface area (Å²) in [4.78, 5) is 2.61. The van der Waals surface area contributed by atoms with Crippen LogP contribution >= 0.6 is 0 Å². The molecule has 96 valence electrons. The quantitative estimate of drug-likeness (QED) is 0.796. The summed E-state index contributed by atoms with van der Waals surface area (Å²) >= 11 is 0. The van der Waals surface area contributed by atoms with Crippen LogP contribution in [0, 0.1) is 11.3 Å². The first-order valence-corrected chi connectivity index (χ1v) is 6.66. The van der Waals surface area contributed by atoms with Gasteiger partial charge in [-0.05, 0) is 45.1 Å². The fraction of sp³-hybridized carbons (Fsp3) is 1.00. The van der Waals surface area contributed by atoms with E-state index in [1.807, 2.05) is 0 Å². The number of hydrogen-bond donors (Lipinski definition) is 1. The minimum Gasteiger partial charge on any atom is -0.311 e. The Balaban J connectivity index is 2.22. The Morgan fingerprint density at radius 3 is 2.19 bits per heavy atom. The molecule has 1 unspecified atom stereocenters. The topological polar surface area (TPSA) is 15.3 Å². The van der Waals surface area contributed by atoms with Crippen molar-refractivity contribution in [2.75, 3.05) is 26.2 Å². The van der Waals surface area contributed by atoms with E-state index in [9.17, 15) is 0 Å². The maximum atomic E-state index is 3.56. The van der Waals surface area contributed by atoms with E-state index in [0.717, 1.165) is 12.5 Å². The maximum Gasteiger partial charge on any atom is 0.0107 e. The average Bonchev–Trinajstić information content (AvgIpc) is 2.49. The highest BCUT2D eigenvalue weighted by Crippen LogP contribution is 2.33. The SMILES string of the molecule is CC(C)(C)NCCN1CCC(C(C)(C)C)C1. The van der Waals surface area contributed by atoms with E-state index in [-0.39, 0.29) is 5.54 Å². The van der Waals surface area contributed by atoms with Gasteiger partial charge in [-0.3, -0.25) is 0 Å². The van der Waals surface area contributed by atoms with Gasteiger partial charge in [-0.1, -0.05) is 20.8 Å². The molecule has 1 rings (SSSR count). The van der Waals surface area contributed by atoms with Crippen molar-refractivity contribution in [2.45, 2.75) is 53.5 Å². The van der Waals surface area contributed by atoms with E-state index in [0.29, 0.717) is 5.41 Å². The predicted octanol–water partition coefficient (Wildman–Crippen LogP) is 2.74. The monoisotopic (exact) mass is 226 g/mol. The second-order valence-electron chi connectivity index (χ2n) is 7.33. The Kier molecular flexibility index (Phi) is 4.42. The Labute approximate surface area is 102 Å². The molecular weight excluding hydrogens is 196 g/mol. The van der Waals surface area contributed by atoms with Crippen LogP contribution in [0.4, 0.5) is 0 Å². The zero-order valence-corrected chi connectivity index (χ0v) is 12.1. The van der Waals surface area contributed by atoms with Gasteiger partial charge in [-0.15, -0.1) is 0 Å². The molecule has 1 aliphatic rings. The molecule has 2 nitrogen and oxygen atoms in total. The third-order valence-corrected chi connectivity index (χ3v) is 3.58. The Morgan fingerprint density at radius 1 is 1.12 bits per heavy atom. The Hall–Kier alpha value is -0.0800. The van der Waals surface area contributed by atoms with Gasteiger partial charge in [-0.2, -0.15) is 0 Å². The van der Waals surface area contributed by atoms with Crippen molar-refractivity contribution >= 4 is 0 Å². The number of rotatable bonds is 3. The summed E-state index contributed by atoms with van der Waals surface area (Å²) in [6.07, 6.45) is 1.37. The van der Waals surface area contributed by atoms with Gasteiger partial charge in [-0.25, -0.2) is 0 Å². The summed E-state index contributed by atoms with van der Waals surface area (Å²) in [5.74, 6) is 0.877. The van der Waals surface area contributed by atoms with Crippen molar-refractivity contribution in [2.24, 2.45) is 11.3 Å². The van der Waals surface area contributed by atoms with E-state index in [2.05, 4.69) is 51.8 Å². The van der Waals surface area contributed by atoms with Crippen molar-refractivity contribution in [1.29, 1.82) is 0 Å². The molecule has 1 atom stereocenters. The van der Waals surface area contributed by atoms with Crippen molar-refractivity contribution in [3.05, 3.63) is 0 Å². The lowest BCUT2D eigenvalue weighted by atomic mass is 9.80. The Bertz CT molecular complexity index is 210. The minimum atomic E-state index is 0.253. The molecule has 1 N–H and O–H groups in total. The lowest BCUT2D eigenvalue weighted by Crippen LogP contribution is -2.41. The van der Waals surface area contributed by atoms with Crippen molar-refractivity contribution in [3.8, 4) is 0 Å². The van der Waals surface area contributed by atoms with Gasteiger partial charge in [0.05, 0.1) is 0 Å². The first kappa shape index (κ1) is 14.0. The van der Waals surface area contributed by atoms with Gasteiger partial charge >= 0.3 is 0 Å². The molecule has 0 aromatic carbocycles. The first-order chi connectivity index (χ1) is 7.18. The van der Waals surface area contributed by atoms with Crippen LogP contribution in [0.3, 0.4) is 0 Å². The average molecular weight is 226 g/mol. The molecule has 0 bridgehead atoms. The second-order valence-corrected chi connectivity index (χ2v) is 7.33. The molecule has 0 aliphatic carbocycles. The molecule has 0 saturated carbocycles. The van der Waals surface area contributed by atoms with Gasteiger partial charge in [0.25, 0.3) is 0 Å². The van der Waals surface area contributed by atoms with Gasteiger partial charge < -0.3 is 10.2 Å². The van der Waals surface area contributed by atoms with Crippen LogP contribution in [0.1, 0.15) is 48.0 Å². The molecular formula is C14H30N2. The van der Waals surface area contributed by atoms with E-state index in [1.165, 1.54) is 26.1 Å². The van der Waals surface area contributed by atoms with Crippen molar-refractivity contribution < 1.29 is 0 Å². The molecule has 0 aromatic rings. The molecule has 0 amide bonds. The van der Waals surface area contributed by atoms with Crippen LogP contribution in [0.25, 0.3) is 0 Å². The normalized spacial score (nSPS) is 24.0. The summed E-state index contributed by atoms with van der Waals surface area (Å²) in [5.41, 5.74) is 0.732. The standard InChI is InChI=1S/C14H30N2/c1-13(2,3)12-7-9-16(11-12)10-8-15-14(4,5)6/h12,15H,7-11H2,1-6H3. The van der Waals surface area contributed by atoms with Crippen molar-refractivity contribution in [1.82, 2.24) is 10.2 Å². The van der Waals surface area contributed by atoms with E-state index < -0.39 is 0 Å². The maximum absolute atomic E-state index is 3.56. The highest BCUT2D eigenvalue weighted by molar-refractivity contribution is 4.84. The predicted molar refractivity (Wildman–Crippen MR) is 71.8 cm³/mol. The molecule has 0 spiro atoms. The summed E-state index contributed by atoms with van der Waals surface area (Å²) in [6, 6.07) is 0. The van der Waals surface area contributed by atoms with E-state index in [4.69, 9.17) is 0 Å². The summed E-state index contributed by atoms with van der Waals surface area (Å²) < 4.78 is 0. The molecule has 16 heavy (non-hydrogen) atoms. The van der Waals surface area contributed by atoms with Crippen LogP contribution < -0.4 is 5.32 Å². The molecule has 1 fully saturated rings. The number of nitrogens with one attached hydrogen (secondary N) is 1. The third kappa shape index (κ3) is 4.84. The third-order valence-electron chi connectivity index (χ3n) is 3.58. The molecule has 1 saturated heterocycles. The number of hydrogen-bond acceptors (Lipinski definition) is 2. The fourth-order valence-corrected chi connectivity index (χ4v) is 2.33. The molecule has 2 heteroatoms. The highest BCUT2D eigenvalue weighted by atomic mass is 15.2. The molecule has 0 radical (unpaired) electrons. The highest BCUT2D eigenvalue weighted by Gasteiger charge is 2.31. The number of nitrogens with zero attached hydrogens (tertiary/aromatic N) is 1.